The van der Waals surface area contributed by atoms with Gasteiger partial charge < -0.3 is 5.32 Å². The highest BCUT2D eigenvalue weighted by Gasteiger charge is 2.08. The van der Waals surface area contributed by atoms with Gasteiger partial charge in [0.05, 0.1) is 17.3 Å². The maximum Gasteiger partial charge on any atom is 0.253 e. The lowest BCUT2D eigenvalue weighted by Crippen LogP contribution is -2.22. The molecule has 0 radical (unpaired) electrons. The van der Waals surface area contributed by atoms with Gasteiger partial charge >= 0.3 is 0 Å². The zero-order valence-corrected chi connectivity index (χ0v) is 12.0. The first kappa shape index (κ1) is 12.8. The molecule has 0 saturated heterocycles. The van der Waals surface area contributed by atoms with Crippen molar-refractivity contribution in [3.63, 3.8) is 0 Å². The van der Waals surface area contributed by atoms with E-state index in [1.54, 1.807) is 23.0 Å². The summed E-state index contributed by atoms with van der Waals surface area (Å²) in [5.41, 5.74) is 2.48. The number of hydrogen-bond donors (Lipinski definition) is 1. The van der Waals surface area contributed by atoms with Crippen molar-refractivity contribution in [2.24, 2.45) is 0 Å². The number of amides is 1. The second kappa shape index (κ2) is 5.42. The van der Waals surface area contributed by atoms with Crippen molar-refractivity contribution in [2.75, 3.05) is 0 Å². The molecule has 0 atom stereocenters. The van der Waals surface area contributed by atoms with Crippen molar-refractivity contribution in [1.82, 2.24) is 19.9 Å². The fraction of sp³-hybridized carbons (Fsp3) is 0.0714. The third-order valence-corrected chi connectivity index (χ3v) is 3.35. The molecule has 3 heterocycles. The van der Waals surface area contributed by atoms with Gasteiger partial charge in [0.25, 0.3) is 5.91 Å². The molecule has 0 spiro atoms. The highest BCUT2D eigenvalue weighted by atomic mass is 79.9. The zero-order valence-electron chi connectivity index (χ0n) is 10.5. The molecule has 0 aromatic carbocycles. The Labute approximate surface area is 123 Å². The monoisotopic (exact) mass is 330 g/mol. The molecule has 0 aliphatic heterocycles. The first-order chi connectivity index (χ1) is 9.74. The Balaban J connectivity index is 1.75. The summed E-state index contributed by atoms with van der Waals surface area (Å²) in [6, 6.07) is 7.56. The van der Waals surface area contributed by atoms with Crippen LogP contribution in [0.4, 0.5) is 0 Å². The zero-order chi connectivity index (χ0) is 13.9. The molecule has 3 aromatic rings. The Morgan fingerprint density at radius 3 is 3.05 bits per heavy atom. The van der Waals surface area contributed by atoms with Gasteiger partial charge in [0.2, 0.25) is 0 Å². The minimum Gasteiger partial charge on any atom is -0.348 e. The Hall–Kier alpha value is -2.21. The summed E-state index contributed by atoms with van der Waals surface area (Å²) in [6.07, 6.45) is 6.81. The summed E-state index contributed by atoms with van der Waals surface area (Å²) in [7, 11) is 0. The van der Waals surface area contributed by atoms with Crippen molar-refractivity contribution >= 4 is 27.4 Å². The van der Waals surface area contributed by atoms with Gasteiger partial charge in [-0.1, -0.05) is 6.07 Å². The van der Waals surface area contributed by atoms with Crippen LogP contribution in [-0.4, -0.2) is 20.5 Å². The number of carbonyl (C=O) groups excluding carboxylic acids is 1. The maximum absolute atomic E-state index is 12.0. The second-order valence-corrected chi connectivity index (χ2v) is 5.19. The number of nitrogens with zero attached hydrogens (tertiary/aromatic N) is 3. The molecule has 0 fully saturated rings. The van der Waals surface area contributed by atoms with E-state index in [1.165, 1.54) is 6.20 Å². The van der Waals surface area contributed by atoms with Crippen LogP contribution in [-0.2, 0) is 6.54 Å². The number of pyridine rings is 2. The van der Waals surface area contributed by atoms with Gasteiger partial charge in [-0.15, -0.1) is 0 Å². The first-order valence-corrected chi connectivity index (χ1v) is 6.83. The van der Waals surface area contributed by atoms with Gasteiger partial charge in [-0.3, -0.25) is 9.78 Å². The predicted octanol–water partition coefficient (Wildman–Crippen LogP) is 2.42. The van der Waals surface area contributed by atoms with Crippen LogP contribution in [0, 0.1) is 0 Å². The SMILES string of the molecule is O=C(NCc1cnn2ccccc12)c1cncc(Br)c1. The summed E-state index contributed by atoms with van der Waals surface area (Å²) in [5.74, 6) is -0.158. The lowest BCUT2D eigenvalue weighted by Gasteiger charge is -2.04. The lowest BCUT2D eigenvalue weighted by atomic mass is 10.2. The molecule has 20 heavy (non-hydrogen) atoms. The number of halogens is 1. The molecule has 1 amide bonds. The van der Waals surface area contributed by atoms with Gasteiger partial charge in [0, 0.05) is 35.2 Å². The van der Waals surface area contributed by atoms with Gasteiger partial charge in [0.1, 0.15) is 0 Å². The Bertz CT molecular complexity index is 768. The highest BCUT2D eigenvalue weighted by molar-refractivity contribution is 9.10. The third kappa shape index (κ3) is 2.55. The lowest BCUT2D eigenvalue weighted by molar-refractivity contribution is 0.0950. The molecule has 0 aliphatic rings. The van der Waals surface area contributed by atoms with E-state index < -0.39 is 0 Å². The quantitative estimate of drug-likeness (QED) is 0.802. The normalized spacial score (nSPS) is 10.7. The van der Waals surface area contributed by atoms with E-state index in [1.807, 2.05) is 24.4 Å². The van der Waals surface area contributed by atoms with Crippen LogP contribution in [0.15, 0.2) is 53.5 Å². The fourth-order valence-electron chi connectivity index (χ4n) is 1.94. The average Bonchev–Trinajstić information content (AvgIpc) is 2.88. The van der Waals surface area contributed by atoms with E-state index in [4.69, 9.17) is 0 Å². The molecule has 3 rings (SSSR count). The predicted molar refractivity (Wildman–Crippen MR) is 78.3 cm³/mol. The molecular weight excluding hydrogens is 320 g/mol. The van der Waals surface area contributed by atoms with E-state index in [0.29, 0.717) is 12.1 Å². The van der Waals surface area contributed by atoms with Crippen molar-refractivity contribution in [2.45, 2.75) is 6.54 Å². The highest BCUT2D eigenvalue weighted by Crippen LogP contribution is 2.11. The van der Waals surface area contributed by atoms with Crippen molar-refractivity contribution in [3.05, 3.63) is 64.7 Å². The number of aromatic nitrogens is 3. The number of carbonyl (C=O) groups is 1. The number of nitrogens with one attached hydrogen (secondary N) is 1. The molecular formula is C14H11BrN4O. The van der Waals surface area contributed by atoms with E-state index in [0.717, 1.165) is 15.6 Å². The summed E-state index contributed by atoms with van der Waals surface area (Å²) < 4.78 is 2.56. The van der Waals surface area contributed by atoms with Crippen molar-refractivity contribution < 1.29 is 4.79 Å². The van der Waals surface area contributed by atoms with Crippen LogP contribution in [0.2, 0.25) is 0 Å². The molecule has 100 valence electrons. The molecule has 0 unspecified atom stereocenters. The molecule has 0 saturated carbocycles. The summed E-state index contributed by atoms with van der Waals surface area (Å²) >= 11 is 3.30. The van der Waals surface area contributed by atoms with Crippen LogP contribution in [0.25, 0.3) is 5.52 Å². The minimum atomic E-state index is -0.158. The van der Waals surface area contributed by atoms with Crippen molar-refractivity contribution in [3.8, 4) is 0 Å². The molecule has 0 aliphatic carbocycles. The van der Waals surface area contributed by atoms with E-state index >= 15 is 0 Å². The molecule has 3 aromatic heterocycles. The molecule has 0 bridgehead atoms. The third-order valence-electron chi connectivity index (χ3n) is 2.91. The second-order valence-electron chi connectivity index (χ2n) is 4.27. The van der Waals surface area contributed by atoms with Crippen LogP contribution in [0.1, 0.15) is 15.9 Å². The van der Waals surface area contributed by atoms with Crippen LogP contribution in [0.5, 0.6) is 0 Å². The average molecular weight is 331 g/mol. The largest absolute Gasteiger partial charge is 0.348 e. The molecule has 5 nitrogen and oxygen atoms in total. The van der Waals surface area contributed by atoms with Gasteiger partial charge in [-0.2, -0.15) is 5.10 Å². The maximum atomic E-state index is 12.0. The number of hydrogen-bond acceptors (Lipinski definition) is 3. The fourth-order valence-corrected chi connectivity index (χ4v) is 2.30. The van der Waals surface area contributed by atoms with Crippen LogP contribution in [0.3, 0.4) is 0 Å². The summed E-state index contributed by atoms with van der Waals surface area (Å²) in [6.45, 7) is 0.429. The molecule has 6 heteroatoms. The smallest absolute Gasteiger partial charge is 0.253 e. The summed E-state index contributed by atoms with van der Waals surface area (Å²) in [4.78, 5) is 16.0. The van der Waals surface area contributed by atoms with Gasteiger partial charge in [-0.05, 0) is 34.1 Å². The van der Waals surface area contributed by atoms with E-state index in [-0.39, 0.29) is 5.91 Å². The van der Waals surface area contributed by atoms with Crippen molar-refractivity contribution in [1.29, 1.82) is 0 Å². The molecule has 1 N–H and O–H groups in total. The standard InChI is InChI=1S/C14H11BrN4O/c15-12-5-10(6-16-9-12)14(20)17-7-11-8-18-19-4-2-1-3-13(11)19/h1-6,8-9H,7H2,(H,17,20). The van der Waals surface area contributed by atoms with Gasteiger partial charge in [0.15, 0.2) is 0 Å². The Kier molecular flexibility index (Phi) is 3.47. The topological polar surface area (TPSA) is 59.3 Å². The van der Waals surface area contributed by atoms with Gasteiger partial charge in [-0.25, -0.2) is 4.52 Å². The Morgan fingerprint density at radius 2 is 2.20 bits per heavy atom. The Morgan fingerprint density at radius 1 is 1.30 bits per heavy atom. The van der Waals surface area contributed by atoms with E-state index in [2.05, 4.69) is 31.3 Å². The van der Waals surface area contributed by atoms with Crippen LogP contribution >= 0.6 is 15.9 Å². The number of fused-ring (bicyclic) bond motifs is 1. The summed E-state index contributed by atoms with van der Waals surface area (Å²) in [5, 5.41) is 7.10. The number of rotatable bonds is 3. The van der Waals surface area contributed by atoms with E-state index in [9.17, 15) is 4.79 Å². The first-order valence-electron chi connectivity index (χ1n) is 6.04. The van der Waals surface area contributed by atoms with Crippen LogP contribution < -0.4 is 5.32 Å². The minimum absolute atomic E-state index is 0.158.